The normalized spacial score (nSPS) is 10.9. The third-order valence-corrected chi connectivity index (χ3v) is 3.68. The van der Waals surface area contributed by atoms with Gasteiger partial charge >= 0.3 is 0 Å². The van der Waals surface area contributed by atoms with Gasteiger partial charge in [-0.3, -0.25) is 0 Å². The zero-order valence-electron chi connectivity index (χ0n) is 12.3. The van der Waals surface area contributed by atoms with Crippen LogP contribution >= 0.6 is 0 Å². The number of nitrogens with two attached hydrogens (primary N) is 1. The SMILES string of the molecule is Cc1cn(CCCOc2ccc(N)cc2)c2ccccc12. The van der Waals surface area contributed by atoms with Crippen molar-refractivity contribution in [2.45, 2.75) is 19.9 Å². The maximum absolute atomic E-state index is 5.73. The Kier molecular flexibility index (Phi) is 3.82. The summed E-state index contributed by atoms with van der Waals surface area (Å²) in [6.07, 6.45) is 3.19. The molecule has 3 aromatic rings. The number of rotatable bonds is 5. The molecule has 0 unspecified atom stereocenters. The number of hydrogen-bond acceptors (Lipinski definition) is 2. The van der Waals surface area contributed by atoms with Crippen LogP contribution in [0, 0.1) is 6.92 Å². The Labute approximate surface area is 125 Å². The van der Waals surface area contributed by atoms with Crippen molar-refractivity contribution in [3.8, 4) is 5.75 Å². The van der Waals surface area contributed by atoms with E-state index in [1.165, 1.54) is 16.5 Å². The Balaban J connectivity index is 1.58. The first-order valence-corrected chi connectivity index (χ1v) is 7.27. The minimum absolute atomic E-state index is 0.704. The van der Waals surface area contributed by atoms with Gasteiger partial charge in [0, 0.05) is 29.3 Å². The van der Waals surface area contributed by atoms with Crippen molar-refractivity contribution in [1.82, 2.24) is 4.57 Å². The van der Waals surface area contributed by atoms with Gasteiger partial charge in [0.2, 0.25) is 0 Å². The Morgan fingerprint density at radius 3 is 2.62 bits per heavy atom. The second-order valence-electron chi connectivity index (χ2n) is 5.29. The summed E-state index contributed by atoms with van der Waals surface area (Å²) < 4.78 is 8.04. The van der Waals surface area contributed by atoms with Crippen LogP contribution in [0.1, 0.15) is 12.0 Å². The molecule has 0 spiro atoms. The fraction of sp³-hybridized carbons (Fsp3) is 0.222. The lowest BCUT2D eigenvalue weighted by molar-refractivity contribution is 0.302. The molecule has 0 saturated carbocycles. The third kappa shape index (κ3) is 3.02. The van der Waals surface area contributed by atoms with Crippen molar-refractivity contribution in [1.29, 1.82) is 0 Å². The number of hydrogen-bond donors (Lipinski definition) is 1. The number of anilines is 1. The number of nitrogens with zero attached hydrogens (tertiary/aromatic N) is 1. The molecular weight excluding hydrogens is 260 g/mol. The smallest absolute Gasteiger partial charge is 0.119 e. The molecule has 21 heavy (non-hydrogen) atoms. The minimum atomic E-state index is 0.704. The Hall–Kier alpha value is -2.42. The molecule has 3 nitrogen and oxygen atoms in total. The number of aryl methyl sites for hydroxylation is 2. The summed E-state index contributed by atoms with van der Waals surface area (Å²) in [6.45, 7) is 3.82. The zero-order valence-corrected chi connectivity index (χ0v) is 12.3. The molecular formula is C18H20N2O. The van der Waals surface area contributed by atoms with E-state index in [1.54, 1.807) is 0 Å². The van der Waals surface area contributed by atoms with Gasteiger partial charge in [0.1, 0.15) is 5.75 Å². The van der Waals surface area contributed by atoms with Crippen LogP contribution in [-0.2, 0) is 6.54 Å². The van der Waals surface area contributed by atoms with E-state index >= 15 is 0 Å². The van der Waals surface area contributed by atoms with Gasteiger partial charge in [0.05, 0.1) is 6.61 Å². The van der Waals surface area contributed by atoms with Gasteiger partial charge in [-0.05, 0) is 49.2 Å². The highest BCUT2D eigenvalue weighted by atomic mass is 16.5. The first-order valence-electron chi connectivity index (χ1n) is 7.27. The second-order valence-corrected chi connectivity index (χ2v) is 5.29. The maximum atomic E-state index is 5.73. The van der Waals surface area contributed by atoms with Crippen molar-refractivity contribution in [3.63, 3.8) is 0 Å². The molecule has 108 valence electrons. The van der Waals surface area contributed by atoms with Crippen molar-refractivity contribution in [2.24, 2.45) is 0 Å². The standard InChI is InChI=1S/C18H20N2O/c1-14-13-20(18-6-3-2-5-17(14)18)11-4-12-21-16-9-7-15(19)8-10-16/h2-3,5-10,13H,4,11-12,19H2,1H3. The van der Waals surface area contributed by atoms with Crippen LogP contribution in [0.5, 0.6) is 5.75 Å². The summed E-state index contributed by atoms with van der Waals surface area (Å²) in [6, 6.07) is 16.0. The topological polar surface area (TPSA) is 40.2 Å². The molecule has 0 aliphatic carbocycles. The zero-order chi connectivity index (χ0) is 14.7. The number of fused-ring (bicyclic) bond motifs is 1. The van der Waals surface area contributed by atoms with Gasteiger partial charge in [-0.25, -0.2) is 0 Å². The molecule has 2 aromatic carbocycles. The molecule has 3 heteroatoms. The monoisotopic (exact) mass is 280 g/mol. The summed E-state index contributed by atoms with van der Waals surface area (Å²) in [5.74, 6) is 0.873. The molecule has 0 atom stereocenters. The summed E-state index contributed by atoms with van der Waals surface area (Å²) >= 11 is 0. The van der Waals surface area contributed by atoms with E-state index in [0.29, 0.717) is 6.61 Å². The van der Waals surface area contributed by atoms with Crippen LogP contribution in [0.2, 0.25) is 0 Å². The minimum Gasteiger partial charge on any atom is -0.494 e. The van der Waals surface area contributed by atoms with Crippen LogP contribution in [-0.4, -0.2) is 11.2 Å². The van der Waals surface area contributed by atoms with Crippen molar-refractivity contribution in [3.05, 3.63) is 60.3 Å². The van der Waals surface area contributed by atoms with Gasteiger partial charge in [-0.1, -0.05) is 18.2 Å². The molecule has 2 N–H and O–H groups in total. The quantitative estimate of drug-likeness (QED) is 0.567. The van der Waals surface area contributed by atoms with E-state index in [4.69, 9.17) is 10.5 Å². The summed E-state index contributed by atoms with van der Waals surface area (Å²) in [4.78, 5) is 0. The predicted octanol–water partition coefficient (Wildman–Crippen LogP) is 4.00. The lowest BCUT2D eigenvalue weighted by atomic mass is 10.2. The summed E-state index contributed by atoms with van der Waals surface area (Å²) in [5.41, 5.74) is 9.03. The molecule has 1 heterocycles. The number of nitrogen functional groups attached to an aromatic ring is 1. The van der Waals surface area contributed by atoms with Gasteiger partial charge in [-0.15, -0.1) is 0 Å². The summed E-state index contributed by atoms with van der Waals surface area (Å²) in [5, 5.41) is 1.33. The number of ether oxygens (including phenoxy) is 1. The molecule has 0 aliphatic rings. The Morgan fingerprint density at radius 1 is 1.05 bits per heavy atom. The van der Waals surface area contributed by atoms with E-state index in [-0.39, 0.29) is 0 Å². The molecule has 1 aromatic heterocycles. The van der Waals surface area contributed by atoms with Crippen LogP contribution < -0.4 is 10.5 Å². The molecule has 0 radical (unpaired) electrons. The largest absolute Gasteiger partial charge is 0.494 e. The van der Waals surface area contributed by atoms with E-state index in [1.807, 2.05) is 24.3 Å². The predicted molar refractivity (Wildman–Crippen MR) is 87.6 cm³/mol. The third-order valence-electron chi connectivity index (χ3n) is 3.68. The molecule has 0 saturated heterocycles. The lowest BCUT2D eigenvalue weighted by Gasteiger charge is -2.08. The van der Waals surface area contributed by atoms with Crippen molar-refractivity contribution in [2.75, 3.05) is 12.3 Å². The number of para-hydroxylation sites is 1. The van der Waals surface area contributed by atoms with Gasteiger partial charge in [0.15, 0.2) is 0 Å². The van der Waals surface area contributed by atoms with Gasteiger partial charge in [-0.2, -0.15) is 0 Å². The average Bonchev–Trinajstić information content (AvgIpc) is 2.83. The highest BCUT2D eigenvalue weighted by Crippen LogP contribution is 2.20. The van der Waals surface area contributed by atoms with Crippen LogP contribution in [0.15, 0.2) is 54.7 Å². The van der Waals surface area contributed by atoms with E-state index in [0.717, 1.165) is 24.4 Å². The number of benzene rings is 2. The van der Waals surface area contributed by atoms with Gasteiger partial charge < -0.3 is 15.0 Å². The van der Waals surface area contributed by atoms with Crippen LogP contribution in [0.25, 0.3) is 10.9 Å². The first-order chi connectivity index (χ1) is 10.2. The molecule has 0 aliphatic heterocycles. The van der Waals surface area contributed by atoms with Crippen molar-refractivity contribution < 1.29 is 4.74 Å². The lowest BCUT2D eigenvalue weighted by Crippen LogP contribution is -2.03. The van der Waals surface area contributed by atoms with E-state index < -0.39 is 0 Å². The van der Waals surface area contributed by atoms with E-state index in [2.05, 4.69) is 42.0 Å². The van der Waals surface area contributed by atoms with Gasteiger partial charge in [0.25, 0.3) is 0 Å². The molecule has 3 rings (SSSR count). The van der Waals surface area contributed by atoms with Crippen molar-refractivity contribution >= 4 is 16.6 Å². The maximum Gasteiger partial charge on any atom is 0.119 e. The van der Waals surface area contributed by atoms with E-state index in [9.17, 15) is 0 Å². The first kappa shape index (κ1) is 13.6. The fourth-order valence-electron chi connectivity index (χ4n) is 2.60. The average molecular weight is 280 g/mol. The second kappa shape index (κ2) is 5.92. The molecule has 0 bridgehead atoms. The fourth-order valence-corrected chi connectivity index (χ4v) is 2.60. The highest BCUT2D eigenvalue weighted by molar-refractivity contribution is 5.83. The highest BCUT2D eigenvalue weighted by Gasteiger charge is 2.04. The Morgan fingerprint density at radius 2 is 1.81 bits per heavy atom. The van der Waals surface area contributed by atoms with Crippen LogP contribution in [0.4, 0.5) is 5.69 Å². The number of aromatic nitrogens is 1. The Bertz CT molecular complexity index is 729. The molecule has 0 amide bonds. The van der Waals surface area contributed by atoms with Crippen LogP contribution in [0.3, 0.4) is 0 Å². The summed E-state index contributed by atoms with van der Waals surface area (Å²) in [7, 11) is 0. The molecule has 0 fully saturated rings.